The fourth-order valence-electron chi connectivity index (χ4n) is 1.64. The molecule has 0 aliphatic heterocycles. The van der Waals surface area contributed by atoms with E-state index in [0.717, 1.165) is 6.29 Å². The minimum absolute atomic E-state index is 0.0667. The Hall–Kier alpha value is -1.55. The van der Waals surface area contributed by atoms with Crippen LogP contribution < -0.4 is 10.2 Å². The molecule has 0 saturated heterocycles. The first kappa shape index (κ1) is 15.5. The minimum atomic E-state index is -0.0667. The second kappa shape index (κ2) is 7.14. The van der Waals surface area contributed by atoms with Crippen molar-refractivity contribution in [3.63, 3.8) is 0 Å². The number of aldehydes is 1. The number of halogens is 1. The van der Waals surface area contributed by atoms with Crippen molar-refractivity contribution in [1.82, 2.24) is 5.32 Å². The molecule has 1 rings (SSSR count). The number of rotatable bonds is 6. The number of likely N-dealkylation sites (N-methyl/N-ethyl adjacent to an activating group) is 1. The van der Waals surface area contributed by atoms with Crippen LogP contribution in [-0.2, 0) is 4.79 Å². The Morgan fingerprint density at radius 3 is 2.74 bits per heavy atom. The normalized spacial score (nSPS) is 10.4. The Bertz CT molecular complexity index is 461. The molecule has 5 heteroatoms. The number of hydrogen-bond donors (Lipinski definition) is 1. The summed E-state index contributed by atoms with van der Waals surface area (Å²) < 4.78 is 0. The van der Waals surface area contributed by atoms with Crippen LogP contribution in [0.5, 0.6) is 0 Å². The van der Waals surface area contributed by atoms with Gasteiger partial charge in [0, 0.05) is 29.9 Å². The fraction of sp³-hybridized carbons (Fsp3) is 0.429. The number of hydrogen-bond acceptors (Lipinski definition) is 3. The van der Waals surface area contributed by atoms with Gasteiger partial charge in [-0.1, -0.05) is 25.4 Å². The summed E-state index contributed by atoms with van der Waals surface area (Å²) in [5.41, 5.74) is 1.17. The third kappa shape index (κ3) is 4.91. The molecule has 104 valence electrons. The van der Waals surface area contributed by atoms with E-state index in [4.69, 9.17) is 11.6 Å². The van der Waals surface area contributed by atoms with Crippen molar-refractivity contribution < 1.29 is 9.59 Å². The summed E-state index contributed by atoms with van der Waals surface area (Å²) in [6.07, 6.45) is 0.740. The molecule has 0 spiro atoms. The van der Waals surface area contributed by atoms with Crippen LogP contribution in [-0.4, -0.2) is 32.3 Å². The van der Waals surface area contributed by atoms with E-state index in [1.54, 1.807) is 30.1 Å². The van der Waals surface area contributed by atoms with Gasteiger partial charge in [0.1, 0.15) is 0 Å². The summed E-state index contributed by atoms with van der Waals surface area (Å²) in [5.74, 6) is 0.346. The summed E-state index contributed by atoms with van der Waals surface area (Å²) in [4.78, 5) is 24.5. The molecular formula is C14H19ClN2O2. The minimum Gasteiger partial charge on any atom is -0.365 e. The predicted octanol–water partition coefficient (Wildman–Crippen LogP) is 2.36. The average molecular weight is 283 g/mol. The molecule has 0 aliphatic carbocycles. The van der Waals surface area contributed by atoms with Crippen LogP contribution in [0.25, 0.3) is 0 Å². The zero-order valence-electron chi connectivity index (χ0n) is 11.4. The summed E-state index contributed by atoms with van der Waals surface area (Å²) in [6, 6.07) is 5.03. The van der Waals surface area contributed by atoms with Crippen molar-refractivity contribution in [2.45, 2.75) is 13.8 Å². The molecule has 0 unspecified atom stereocenters. The van der Waals surface area contributed by atoms with E-state index in [0.29, 0.717) is 28.7 Å². The molecule has 1 N–H and O–H groups in total. The monoisotopic (exact) mass is 282 g/mol. The number of benzene rings is 1. The maximum atomic E-state index is 11.7. The van der Waals surface area contributed by atoms with Crippen molar-refractivity contribution >= 4 is 29.5 Å². The lowest BCUT2D eigenvalue weighted by molar-refractivity contribution is -0.119. The van der Waals surface area contributed by atoms with Gasteiger partial charge in [-0.2, -0.15) is 0 Å². The van der Waals surface area contributed by atoms with Crippen LogP contribution in [0.3, 0.4) is 0 Å². The zero-order valence-corrected chi connectivity index (χ0v) is 12.2. The zero-order chi connectivity index (χ0) is 14.4. The Morgan fingerprint density at radius 2 is 2.16 bits per heavy atom. The number of carbonyl (C=O) groups excluding carboxylic acids is 2. The van der Waals surface area contributed by atoms with E-state index < -0.39 is 0 Å². The second-order valence-corrected chi connectivity index (χ2v) is 5.31. The van der Waals surface area contributed by atoms with Crippen LogP contribution in [0.2, 0.25) is 5.02 Å². The van der Waals surface area contributed by atoms with E-state index in [2.05, 4.69) is 5.32 Å². The van der Waals surface area contributed by atoms with E-state index in [1.807, 2.05) is 13.8 Å². The first-order chi connectivity index (χ1) is 8.93. The van der Waals surface area contributed by atoms with E-state index in [1.165, 1.54) is 0 Å². The van der Waals surface area contributed by atoms with Crippen LogP contribution in [0.15, 0.2) is 18.2 Å². The molecule has 0 bridgehead atoms. The molecule has 19 heavy (non-hydrogen) atoms. The molecule has 0 heterocycles. The molecule has 0 aliphatic rings. The smallest absolute Gasteiger partial charge is 0.239 e. The second-order valence-electron chi connectivity index (χ2n) is 4.87. The van der Waals surface area contributed by atoms with E-state index in [9.17, 15) is 9.59 Å². The average Bonchev–Trinajstić information content (AvgIpc) is 2.35. The van der Waals surface area contributed by atoms with Crippen molar-refractivity contribution in [1.29, 1.82) is 0 Å². The predicted molar refractivity (Wildman–Crippen MR) is 78.0 cm³/mol. The molecule has 0 radical (unpaired) electrons. The summed E-state index contributed by atoms with van der Waals surface area (Å²) >= 11 is 5.83. The highest BCUT2D eigenvalue weighted by Gasteiger charge is 2.11. The first-order valence-corrected chi connectivity index (χ1v) is 6.54. The van der Waals surface area contributed by atoms with Crippen molar-refractivity contribution in [2.75, 3.05) is 25.0 Å². The lowest BCUT2D eigenvalue weighted by Crippen LogP contribution is -2.37. The van der Waals surface area contributed by atoms with Gasteiger partial charge in [-0.25, -0.2) is 0 Å². The van der Waals surface area contributed by atoms with Gasteiger partial charge in [0.25, 0.3) is 0 Å². The lowest BCUT2D eigenvalue weighted by Gasteiger charge is -2.20. The number of carbonyl (C=O) groups is 2. The largest absolute Gasteiger partial charge is 0.365 e. The van der Waals surface area contributed by atoms with Gasteiger partial charge in [0.15, 0.2) is 6.29 Å². The van der Waals surface area contributed by atoms with Crippen molar-refractivity contribution in [2.24, 2.45) is 5.92 Å². The van der Waals surface area contributed by atoms with Gasteiger partial charge in [-0.05, 0) is 24.1 Å². The van der Waals surface area contributed by atoms with Gasteiger partial charge < -0.3 is 10.2 Å². The maximum Gasteiger partial charge on any atom is 0.239 e. The lowest BCUT2D eigenvalue weighted by atomic mass is 10.2. The quantitative estimate of drug-likeness (QED) is 0.815. The highest BCUT2D eigenvalue weighted by Crippen LogP contribution is 2.21. The third-order valence-corrected chi connectivity index (χ3v) is 2.85. The third-order valence-electron chi connectivity index (χ3n) is 2.62. The van der Waals surface area contributed by atoms with Crippen LogP contribution in [0, 0.1) is 5.92 Å². The van der Waals surface area contributed by atoms with E-state index in [-0.39, 0.29) is 12.5 Å². The topological polar surface area (TPSA) is 49.4 Å². The Morgan fingerprint density at radius 1 is 1.47 bits per heavy atom. The highest BCUT2D eigenvalue weighted by molar-refractivity contribution is 6.31. The molecular weight excluding hydrogens is 264 g/mol. The van der Waals surface area contributed by atoms with Crippen LogP contribution in [0.4, 0.5) is 5.69 Å². The van der Waals surface area contributed by atoms with E-state index >= 15 is 0 Å². The highest BCUT2D eigenvalue weighted by atomic mass is 35.5. The molecule has 1 aromatic rings. The summed E-state index contributed by atoms with van der Waals surface area (Å²) in [5, 5.41) is 3.34. The number of amides is 1. The molecule has 0 saturated carbocycles. The molecule has 0 aromatic heterocycles. The van der Waals surface area contributed by atoms with Gasteiger partial charge in [-0.15, -0.1) is 0 Å². The standard InChI is InChI=1S/C14H19ClN2O2/c1-10(2)7-16-14(19)8-17(3)13-5-4-12(15)6-11(13)9-18/h4-6,9-10H,7-8H2,1-3H3,(H,16,19). The molecule has 0 atom stereocenters. The molecule has 1 amide bonds. The van der Waals surface area contributed by atoms with Crippen LogP contribution >= 0.6 is 11.6 Å². The first-order valence-electron chi connectivity index (χ1n) is 6.16. The van der Waals surface area contributed by atoms with Gasteiger partial charge in [-0.3, -0.25) is 9.59 Å². The van der Waals surface area contributed by atoms with Crippen molar-refractivity contribution in [3.8, 4) is 0 Å². The van der Waals surface area contributed by atoms with Gasteiger partial charge >= 0.3 is 0 Å². The fourth-order valence-corrected chi connectivity index (χ4v) is 1.82. The maximum absolute atomic E-state index is 11.7. The van der Waals surface area contributed by atoms with Gasteiger partial charge in [0.05, 0.1) is 6.54 Å². The molecule has 0 fully saturated rings. The SMILES string of the molecule is CC(C)CNC(=O)CN(C)c1ccc(Cl)cc1C=O. The Balaban J connectivity index is 2.70. The number of nitrogens with zero attached hydrogens (tertiary/aromatic N) is 1. The molecule has 1 aromatic carbocycles. The Kier molecular flexibility index (Phi) is 5.83. The van der Waals surface area contributed by atoms with Gasteiger partial charge in [0.2, 0.25) is 5.91 Å². The van der Waals surface area contributed by atoms with Crippen LogP contribution in [0.1, 0.15) is 24.2 Å². The Labute approximate surface area is 118 Å². The van der Waals surface area contributed by atoms with Crippen molar-refractivity contribution in [3.05, 3.63) is 28.8 Å². The summed E-state index contributed by atoms with van der Waals surface area (Å²) in [6.45, 7) is 4.92. The summed E-state index contributed by atoms with van der Waals surface area (Å²) in [7, 11) is 1.77. The number of anilines is 1. The number of nitrogens with one attached hydrogen (secondary N) is 1. The molecule has 4 nitrogen and oxygen atoms in total.